The summed E-state index contributed by atoms with van der Waals surface area (Å²) in [7, 11) is 1.94. The molecule has 1 N–H and O–H groups in total. The lowest BCUT2D eigenvalue weighted by Crippen LogP contribution is -2.28. The van der Waals surface area contributed by atoms with Crippen LogP contribution in [0, 0.1) is 5.41 Å². The molecule has 2 nitrogen and oxygen atoms in total. The van der Waals surface area contributed by atoms with Crippen LogP contribution in [0.15, 0.2) is 24.3 Å². The Morgan fingerprint density at radius 3 is 2.73 bits per heavy atom. The molecule has 1 aromatic rings. The largest absolute Gasteiger partial charge is 0.357 e. The summed E-state index contributed by atoms with van der Waals surface area (Å²) < 4.78 is 0. The first kappa shape index (κ1) is 12.1. The van der Waals surface area contributed by atoms with Crippen molar-refractivity contribution in [2.24, 2.45) is 0 Å². The number of halogens is 1. The summed E-state index contributed by atoms with van der Waals surface area (Å²) in [6, 6.07) is 7.98. The highest BCUT2D eigenvalue weighted by Crippen LogP contribution is 2.22. The van der Waals surface area contributed by atoms with Gasteiger partial charge in [0, 0.05) is 18.5 Å². The minimum absolute atomic E-state index is 0.191. The molecule has 1 atom stereocenters. The Hall–Kier alpha value is -1.02. The van der Waals surface area contributed by atoms with E-state index in [-0.39, 0.29) is 6.04 Å². The van der Waals surface area contributed by atoms with Gasteiger partial charge in [-0.05, 0) is 24.6 Å². The van der Waals surface area contributed by atoms with E-state index in [0.29, 0.717) is 5.84 Å². The summed E-state index contributed by atoms with van der Waals surface area (Å²) >= 11 is 5.93. The first-order chi connectivity index (χ1) is 7.06. The molecule has 0 aliphatic heterocycles. The Morgan fingerprint density at radius 2 is 2.20 bits per heavy atom. The first-order valence-corrected chi connectivity index (χ1v) is 5.49. The van der Waals surface area contributed by atoms with E-state index < -0.39 is 0 Å². The van der Waals surface area contributed by atoms with Crippen LogP contribution in [0.1, 0.15) is 31.9 Å². The molecule has 0 saturated carbocycles. The van der Waals surface area contributed by atoms with Gasteiger partial charge in [0.2, 0.25) is 0 Å². The van der Waals surface area contributed by atoms with Crippen molar-refractivity contribution in [3.05, 3.63) is 34.9 Å². The second kappa shape index (κ2) is 5.17. The standard InChI is InChI=1S/C12H17ClN2/c1-4-12(14)15(3)9(2)10-6-5-7-11(13)8-10/h5-9,14H,4H2,1-3H3. The fraction of sp³-hybridized carbons (Fsp3) is 0.417. The molecular weight excluding hydrogens is 208 g/mol. The Balaban J connectivity index is 2.84. The fourth-order valence-corrected chi connectivity index (χ4v) is 1.67. The first-order valence-electron chi connectivity index (χ1n) is 5.12. The molecule has 0 aromatic heterocycles. The number of amidine groups is 1. The third kappa shape index (κ3) is 2.96. The maximum Gasteiger partial charge on any atom is 0.0957 e. The summed E-state index contributed by atoms with van der Waals surface area (Å²) in [5, 5.41) is 8.52. The van der Waals surface area contributed by atoms with Crippen LogP contribution in [-0.2, 0) is 0 Å². The number of benzene rings is 1. The van der Waals surface area contributed by atoms with Crippen LogP contribution in [0.4, 0.5) is 0 Å². The molecule has 0 radical (unpaired) electrons. The average Bonchev–Trinajstić information content (AvgIpc) is 2.26. The zero-order chi connectivity index (χ0) is 11.4. The van der Waals surface area contributed by atoms with Crippen LogP contribution in [0.5, 0.6) is 0 Å². The predicted molar refractivity (Wildman–Crippen MR) is 65.6 cm³/mol. The SMILES string of the molecule is CCC(=N)N(C)C(C)c1cccc(Cl)c1. The summed E-state index contributed by atoms with van der Waals surface area (Å²) in [6.07, 6.45) is 0.751. The van der Waals surface area contributed by atoms with Crippen molar-refractivity contribution < 1.29 is 0 Å². The molecule has 0 spiro atoms. The minimum Gasteiger partial charge on any atom is -0.357 e. The van der Waals surface area contributed by atoms with Crippen molar-refractivity contribution in [3.63, 3.8) is 0 Å². The molecule has 82 valence electrons. The normalized spacial score (nSPS) is 12.3. The summed E-state index contributed by atoms with van der Waals surface area (Å²) in [5.41, 5.74) is 1.14. The predicted octanol–water partition coefficient (Wildman–Crippen LogP) is 3.72. The molecule has 0 fully saturated rings. The zero-order valence-corrected chi connectivity index (χ0v) is 10.2. The van der Waals surface area contributed by atoms with E-state index >= 15 is 0 Å². The topological polar surface area (TPSA) is 27.1 Å². The van der Waals surface area contributed by atoms with Crippen molar-refractivity contribution >= 4 is 17.4 Å². The van der Waals surface area contributed by atoms with Gasteiger partial charge in [-0.1, -0.05) is 30.7 Å². The smallest absolute Gasteiger partial charge is 0.0957 e. The van der Waals surface area contributed by atoms with Crippen LogP contribution in [0.2, 0.25) is 5.02 Å². The molecule has 0 amide bonds. The summed E-state index contributed by atoms with van der Waals surface area (Å²) in [4.78, 5) is 1.96. The molecular formula is C12H17ClN2. The highest BCUT2D eigenvalue weighted by atomic mass is 35.5. The highest BCUT2D eigenvalue weighted by Gasteiger charge is 2.13. The van der Waals surface area contributed by atoms with Crippen molar-refractivity contribution in [3.8, 4) is 0 Å². The van der Waals surface area contributed by atoms with Gasteiger partial charge in [0.05, 0.1) is 11.9 Å². The van der Waals surface area contributed by atoms with Gasteiger partial charge in [-0.15, -0.1) is 0 Å². The molecule has 3 heteroatoms. The molecule has 0 bridgehead atoms. The third-order valence-electron chi connectivity index (χ3n) is 2.67. The Morgan fingerprint density at radius 1 is 1.53 bits per heavy atom. The second-order valence-electron chi connectivity index (χ2n) is 3.64. The van der Waals surface area contributed by atoms with Crippen molar-refractivity contribution in [2.45, 2.75) is 26.3 Å². The van der Waals surface area contributed by atoms with E-state index in [4.69, 9.17) is 17.0 Å². The maximum atomic E-state index is 7.77. The van der Waals surface area contributed by atoms with Gasteiger partial charge in [0.1, 0.15) is 0 Å². The lowest BCUT2D eigenvalue weighted by molar-refractivity contribution is 0.393. The van der Waals surface area contributed by atoms with Crippen LogP contribution in [0.3, 0.4) is 0 Å². The van der Waals surface area contributed by atoms with E-state index in [1.165, 1.54) is 0 Å². The van der Waals surface area contributed by atoms with Gasteiger partial charge in [-0.25, -0.2) is 0 Å². The lowest BCUT2D eigenvalue weighted by atomic mass is 10.1. The quantitative estimate of drug-likeness (QED) is 0.615. The monoisotopic (exact) mass is 224 g/mol. The average molecular weight is 225 g/mol. The fourth-order valence-electron chi connectivity index (χ4n) is 1.47. The summed E-state index contributed by atoms with van der Waals surface area (Å²) in [5.74, 6) is 0.641. The van der Waals surface area contributed by atoms with Crippen LogP contribution < -0.4 is 0 Å². The number of hydrogen-bond acceptors (Lipinski definition) is 1. The molecule has 0 aliphatic carbocycles. The Bertz CT molecular complexity index is 349. The molecule has 0 saturated heterocycles. The number of rotatable bonds is 3. The van der Waals surface area contributed by atoms with Gasteiger partial charge in [0.15, 0.2) is 0 Å². The van der Waals surface area contributed by atoms with Crippen LogP contribution in [0.25, 0.3) is 0 Å². The number of hydrogen-bond donors (Lipinski definition) is 1. The number of nitrogens with zero attached hydrogens (tertiary/aromatic N) is 1. The van der Waals surface area contributed by atoms with E-state index in [0.717, 1.165) is 17.0 Å². The van der Waals surface area contributed by atoms with Crippen LogP contribution in [-0.4, -0.2) is 17.8 Å². The van der Waals surface area contributed by atoms with E-state index in [1.807, 2.05) is 43.1 Å². The maximum absolute atomic E-state index is 7.77. The molecule has 0 heterocycles. The molecule has 15 heavy (non-hydrogen) atoms. The van der Waals surface area contributed by atoms with Crippen molar-refractivity contribution in [1.82, 2.24) is 4.90 Å². The van der Waals surface area contributed by atoms with Crippen molar-refractivity contribution in [2.75, 3.05) is 7.05 Å². The molecule has 0 aliphatic rings. The van der Waals surface area contributed by atoms with Gasteiger partial charge >= 0.3 is 0 Å². The molecule has 1 unspecified atom stereocenters. The van der Waals surface area contributed by atoms with Gasteiger partial charge in [-0.2, -0.15) is 0 Å². The van der Waals surface area contributed by atoms with Crippen molar-refractivity contribution in [1.29, 1.82) is 5.41 Å². The van der Waals surface area contributed by atoms with E-state index in [1.54, 1.807) is 0 Å². The zero-order valence-electron chi connectivity index (χ0n) is 9.42. The minimum atomic E-state index is 0.191. The van der Waals surface area contributed by atoms with Gasteiger partial charge < -0.3 is 4.90 Å². The lowest BCUT2D eigenvalue weighted by Gasteiger charge is -2.27. The Labute approximate surface area is 96.4 Å². The van der Waals surface area contributed by atoms with Gasteiger partial charge in [-0.3, -0.25) is 5.41 Å². The van der Waals surface area contributed by atoms with Crippen LogP contribution >= 0.6 is 11.6 Å². The van der Waals surface area contributed by atoms with E-state index in [9.17, 15) is 0 Å². The third-order valence-corrected chi connectivity index (χ3v) is 2.91. The molecule has 1 aromatic carbocycles. The van der Waals surface area contributed by atoms with Gasteiger partial charge in [0.25, 0.3) is 0 Å². The summed E-state index contributed by atoms with van der Waals surface area (Å²) in [6.45, 7) is 4.07. The van der Waals surface area contributed by atoms with E-state index in [2.05, 4.69) is 6.92 Å². The molecule has 1 rings (SSSR count). The highest BCUT2D eigenvalue weighted by molar-refractivity contribution is 6.30. The number of nitrogens with one attached hydrogen (secondary N) is 1. The Kier molecular flexibility index (Phi) is 4.15. The second-order valence-corrected chi connectivity index (χ2v) is 4.08.